The van der Waals surface area contributed by atoms with Gasteiger partial charge in [-0.15, -0.1) is 0 Å². The Bertz CT molecular complexity index is 601. The van der Waals surface area contributed by atoms with Gasteiger partial charge < -0.3 is 5.73 Å². The molecule has 0 aromatic heterocycles. The summed E-state index contributed by atoms with van der Waals surface area (Å²) < 4.78 is 26.8. The minimum absolute atomic E-state index is 0.0491. The third-order valence-corrected chi connectivity index (χ3v) is 6.23. The highest BCUT2D eigenvalue weighted by atomic mass is 32.2. The molecule has 1 aromatic rings. The van der Waals surface area contributed by atoms with Crippen molar-refractivity contribution in [1.82, 2.24) is 4.31 Å². The molecule has 1 saturated heterocycles. The van der Waals surface area contributed by atoms with E-state index in [2.05, 4.69) is 0 Å². The summed E-state index contributed by atoms with van der Waals surface area (Å²) >= 11 is 0. The monoisotopic (exact) mass is 324 g/mol. The van der Waals surface area contributed by atoms with Crippen molar-refractivity contribution in [1.29, 1.82) is 0 Å². The van der Waals surface area contributed by atoms with Crippen molar-refractivity contribution in [2.75, 3.05) is 18.8 Å². The van der Waals surface area contributed by atoms with Crippen LogP contribution in [-0.4, -0.2) is 37.5 Å². The molecular weight excluding hydrogens is 300 g/mol. The van der Waals surface area contributed by atoms with Crippen LogP contribution in [0.3, 0.4) is 0 Å². The number of benzene rings is 1. The predicted octanol–water partition coefficient (Wildman–Crippen LogP) is 1.71. The molecule has 1 fully saturated rings. The second-order valence-electron chi connectivity index (χ2n) is 6.13. The smallest absolute Gasteiger partial charge is 0.217 e. The molecule has 0 saturated carbocycles. The molecule has 0 radical (unpaired) electrons. The number of primary amides is 1. The fourth-order valence-corrected chi connectivity index (χ4v) is 4.91. The second kappa shape index (κ2) is 7.24. The number of hydrogen-bond acceptors (Lipinski definition) is 3. The second-order valence-corrected chi connectivity index (χ2v) is 8.14. The molecule has 2 atom stereocenters. The molecule has 1 amide bonds. The maximum Gasteiger partial charge on any atom is 0.217 e. The molecule has 0 aliphatic carbocycles. The minimum Gasteiger partial charge on any atom is -0.370 e. The summed E-state index contributed by atoms with van der Waals surface area (Å²) in [4.78, 5) is 11.0. The first-order valence-corrected chi connectivity index (χ1v) is 9.30. The minimum atomic E-state index is -3.32. The van der Waals surface area contributed by atoms with Gasteiger partial charge in [0, 0.05) is 19.5 Å². The van der Waals surface area contributed by atoms with Gasteiger partial charge >= 0.3 is 0 Å². The van der Waals surface area contributed by atoms with E-state index in [0.29, 0.717) is 13.1 Å². The number of carbonyl (C=O) groups excluding carboxylic acids is 1. The van der Waals surface area contributed by atoms with E-state index >= 15 is 0 Å². The highest BCUT2D eigenvalue weighted by Crippen LogP contribution is 2.25. The summed E-state index contributed by atoms with van der Waals surface area (Å²) in [5.74, 6) is -0.266. The number of carbonyl (C=O) groups is 1. The fourth-order valence-electron chi connectivity index (χ4n) is 3.03. The van der Waals surface area contributed by atoms with Crippen molar-refractivity contribution in [3.63, 3.8) is 0 Å². The summed E-state index contributed by atoms with van der Waals surface area (Å²) in [6, 6.07) is 9.66. The Morgan fingerprint density at radius 3 is 2.68 bits per heavy atom. The van der Waals surface area contributed by atoms with Crippen LogP contribution in [0.25, 0.3) is 0 Å². The maximum atomic E-state index is 12.6. The average Bonchev–Trinajstić information content (AvgIpc) is 2.47. The molecule has 122 valence electrons. The summed E-state index contributed by atoms with van der Waals surface area (Å²) in [6.07, 6.45) is 1.92. The van der Waals surface area contributed by atoms with Gasteiger partial charge in [-0.1, -0.05) is 37.3 Å². The third kappa shape index (κ3) is 4.55. The zero-order valence-electron chi connectivity index (χ0n) is 12.9. The summed E-state index contributed by atoms with van der Waals surface area (Å²) in [6.45, 7) is 2.88. The van der Waals surface area contributed by atoms with Crippen LogP contribution in [0.15, 0.2) is 30.3 Å². The van der Waals surface area contributed by atoms with Gasteiger partial charge in [0.15, 0.2) is 0 Å². The largest absolute Gasteiger partial charge is 0.370 e. The molecule has 0 spiro atoms. The Morgan fingerprint density at radius 2 is 2.05 bits per heavy atom. The van der Waals surface area contributed by atoms with Crippen molar-refractivity contribution in [3.05, 3.63) is 35.9 Å². The highest BCUT2D eigenvalue weighted by Gasteiger charge is 2.30. The molecule has 2 unspecified atom stereocenters. The standard InChI is InChI=1S/C16H24N2O3S/c1-13(15-7-3-2-4-8-15)12-22(20,21)18-9-5-6-14(11-18)10-16(17)19/h2-4,7-8,13-14H,5-6,9-12H2,1H3,(H2,17,19). The van der Waals surface area contributed by atoms with Gasteiger partial charge in [-0.2, -0.15) is 0 Å². The molecule has 5 nitrogen and oxygen atoms in total. The van der Waals surface area contributed by atoms with E-state index in [9.17, 15) is 13.2 Å². The van der Waals surface area contributed by atoms with Gasteiger partial charge in [0.1, 0.15) is 0 Å². The van der Waals surface area contributed by atoms with Gasteiger partial charge in [-0.3, -0.25) is 4.79 Å². The Kier molecular flexibility index (Phi) is 5.58. The molecule has 1 heterocycles. The number of nitrogens with zero attached hydrogens (tertiary/aromatic N) is 1. The van der Waals surface area contributed by atoms with Crippen LogP contribution in [0.5, 0.6) is 0 Å². The molecule has 2 rings (SSSR count). The van der Waals surface area contributed by atoms with Crippen LogP contribution >= 0.6 is 0 Å². The van der Waals surface area contributed by atoms with E-state index in [1.54, 1.807) is 0 Å². The lowest BCUT2D eigenvalue weighted by atomic mass is 9.96. The van der Waals surface area contributed by atoms with Gasteiger partial charge in [-0.05, 0) is 30.2 Å². The SMILES string of the molecule is CC(CS(=O)(=O)N1CCCC(CC(N)=O)C1)c1ccccc1. The van der Waals surface area contributed by atoms with Crippen LogP contribution < -0.4 is 5.73 Å². The number of sulfonamides is 1. The fraction of sp³-hybridized carbons (Fsp3) is 0.562. The van der Waals surface area contributed by atoms with Crippen molar-refractivity contribution in [2.24, 2.45) is 11.7 Å². The van der Waals surface area contributed by atoms with Crippen molar-refractivity contribution < 1.29 is 13.2 Å². The number of rotatable bonds is 6. The summed E-state index contributed by atoms with van der Waals surface area (Å²) in [5, 5.41) is 0. The normalized spacial score (nSPS) is 21.4. The zero-order chi connectivity index (χ0) is 16.2. The molecule has 2 N–H and O–H groups in total. The maximum absolute atomic E-state index is 12.6. The molecule has 0 bridgehead atoms. The number of hydrogen-bond donors (Lipinski definition) is 1. The lowest BCUT2D eigenvalue weighted by molar-refractivity contribution is -0.119. The molecular formula is C16H24N2O3S. The Morgan fingerprint density at radius 1 is 1.36 bits per heavy atom. The molecule has 1 aliphatic heterocycles. The first-order valence-electron chi connectivity index (χ1n) is 7.69. The van der Waals surface area contributed by atoms with Crippen LogP contribution in [0, 0.1) is 5.92 Å². The van der Waals surface area contributed by atoms with Crippen LogP contribution in [0.1, 0.15) is 37.7 Å². The first-order chi connectivity index (χ1) is 10.4. The lowest BCUT2D eigenvalue weighted by Gasteiger charge is -2.32. The van der Waals surface area contributed by atoms with E-state index in [4.69, 9.17) is 5.73 Å². The lowest BCUT2D eigenvalue weighted by Crippen LogP contribution is -2.42. The van der Waals surface area contributed by atoms with E-state index in [1.807, 2.05) is 37.3 Å². The van der Waals surface area contributed by atoms with Crippen LogP contribution in [0.2, 0.25) is 0 Å². The predicted molar refractivity (Wildman–Crippen MR) is 86.8 cm³/mol. The van der Waals surface area contributed by atoms with Gasteiger partial charge in [0.2, 0.25) is 15.9 Å². The quantitative estimate of drug-likeness (QED) is 0.865. The Balaban J connectivity index is 2.01. The number of piperidine rings is 1. The first kappa shape index (κ1) is 17.0. The molecule has 22 heavy (non-hydrogen) atoms. The molecule has 1 aliphatic rings. The summed E-state index contributed by atoms with van der Waals surface area (Å²) in [7, 11) is -3.32. The highest BCUT2D eigenvalue weighted by molar-refractivity contribution is 7.89. The van der Waals surface area contributed by atoms with Gasteiger partial charge in [0.25, 0.3) is 0 Å². The van der Waals surface area contributed by atoms with E-state index in [1.165, 1.54) is 4.31 Å². The van der Waals surface area contributed by atoms with Crippen molar-refractivity contribution >= 4 is 15.9 Å². The third-order valence-electron chi connectivity index (χ3n) is 4.19. The van der Waals surface area contributed by atoms with E-state index in [0.717, 1.165) is 18.4 Å². The van der Waals surface area contributed by atoms with Gasteiger partial charge in [-0.25, -0.2) is 12.7 Å². The average molecular weight is 324 g/mol. The Labute approximate surface area is 132 Å². The van der Waals surface area contributed by atoms with E-state index in [-0.39, 0.29) is 29.9 Å². The molecule has 6 heteroatoms. The van der Waals surface area contributed by atoms with E-state index < -0.39 is 10.0 Å². The van der Waals surface area contributed by atoms with Gasteiger partial charge in [0.05, 0.1) is 5.75 Å². The number of nitrogens with two attached hydrogens (primary N) is 1. The topological polar surface area (TPSA) is 80.5 Å². The Hall–Kier alpha value is -1.40. The van der Waals surface area contributed by atoms with Crippen LogP contribution in [0.4, 0.5) is 0 Å². The summed E-state index contributed by atoms with van der Waals surface area (Å²) in [5.41, 5.74) is 6.25. The van der Waals surface area contributed by atoms with Crippen LogP contribution in [-0.2, 0) is 14.8 Å². The zero-order valence-corrected chi connectivity index (χ0v) is 13.8. The molecule has 1 aromatic carbocycles. The van der Waals surface area contributed by atoms with Crippen molar-refractivity contribution in [2.45, 2.75) is 32.1 Å². The number of amides is 1. The van der Waals surface area contributed by atoms with Crippen molar-refractivity contribution in [3.8, 4) is 0 Å².